The average molecular weight is 1740 g/mol. The third-order valence-corrected chi connectivity index (χ3v) is 21.0. The minimum Gasteiger partial charge on any atom is -0.497 e. The second kappa shape index (κ2) is 38.5. The van der Waals surface area contributed by atoms with Crippen molar-refractivity contribution in [2.24, 2.45) is 5.92 Å². The van der Waals surface area contributed by atoms with Gasteiger partial charge in [0.15, 0.2) is 46.1 Å². The van der Waals surface area contributed by atoms with E-state index in [0.29, 0.717) is 85.5 Å². The minimum absolute atomic E-state index is 0.000375. The highest BCUT2D eigenvalue weighted by atomic mass is 19.1. The Morgan fingerprint density at radius 2 is 0.856 bits per heavy atom. The quantitative estimate of drug-likeness (QED) is 0.0631. The summed E-state index contributed by atoms with van der Waals surface area (Å²) in [5.74, 6) is 1.56. The van der Waals surface area contributed by atoms with E-state index in [1.807, 2.05) is 237 Å². The second-order valence-electron chi connectivity index (χ2n) is 29.8. The Bertz CT molecular complexity index is 7890. The number of nitrogen functional groups attached to an aromatic ring is 4. The lowest BCUT2D eigenvalue weighted by Gasteiger charge is -2.12. The number of furan rings is 1. The Kier molecular flexibility index (Phi) is 25.0. The SMILES string of the molecule is COC(=O)c1nc(-c2ccc3ncccc3c2)c(-c2ccccc2)nc1N.COc1cccc(-c2nc(N)c(C#N)nc2-c2ccc3ncccc3c2)c1.Cc1ccc(-c2nc(NC(=O)C3CC3)cnc2-c2ccc3ncccc3c2)o1.N#Cc1nc(-c2ccc3ncccc3c2)c(-c2ccccc2F)nc1N.Nc1cnc(-c2ccc3ncccc3c2)c(-c2ccc(F)cn2)n1. The van der Waals surface area contributed by atoms with Gasteiger partial charge in [-0.15, -0.1) is 0 Å². The van der Waals surface area contributed by atoms with Gasteiger partial charge in [0.25, 0.3) is 0 Å². The summed E-state index contributed by atoms with van der Waals surface area (Å²) in [7, 11) is 2.89. The van der Waals surface area contributed by atoms with Crippen molar-refractivity contribution in [2.45, 2.75) is 19.8 Å². The number of nitriles is 2. The van der Waals surface area contributed by atoms with E-state index in [0.717, 1.165) is 113 Å². The summed E-state index contributed by atoms with van der Waals surface area (Å²) >= 11 is 0. The molecule has 0 spiro atoms. The molecule has 0 aliphatic heterocycles. The molecule has 21 rings (SSSR count). The third-order valence-electron chi connectivity index (χ3n) is 21.0. The minimum atomic E-state index is -0.622. The van der Waals surface area contributed by atoms with Gasteiger partial charge in [0.05, 0.1) is 106 Å². The first-order valence-electron chi connectivity index (χ1n) is 41.0. The number of ether oxygens (including phenoxy) is 2. The first-order valence-corrected chi connectivity index (χ1v) is 41.0. The molecule has 640 valence electrons. The number of amides is 1. The molecule has 12 aromatic heterocycles. The molecule has 0 saturated heterocycles. The summed E-state index contributed by atoms with van der Waals surface area (Å²) in [4.78, 5) is 94.5. The number of benzene rings is 8. The van der Waals surface area contributed by atoms with Gasteiger partial charge in [-0.2, -0.15) is 10.5 Å². The molecular weight excluding hydrogens is 1670 g/mol. The van der Waals surface area contributed by atoms with Crippen LogP contribution in [0.5, 0.6) is 5.75 Å². The van der Waals surface area contributed by atoms with Crippen molar-refractivity contribution in [3.8, 4) is 131 Å². The summed E-state index contributed by atoms with van der Waals surface area (Å²) in [6.45, 7) is 1.89. The fourth-order valence-corrected chi connectivity index (χ4v) is 14.4. The largest absolute Gasteiger partial charge is 0.497 e. The van der Waals surface area contributed by atoms with E-state index in [1.165, 1.54) is 25.4 Å². The number of rotatable bonds is 14. The highest BCUT2D eigenvalue weighted by Gasteiger charge is 2.31. The average Bonchev–Trinajstić information content (AvgIpc) is 1.21. The van der Waals surface area contributed by atoms with Crippen LogP contribution in [-0.2, 0) is 9.53 Å². The molecule has 0 atom stereocenters. The number of anilines is 5. The van der Waals surface area contributed by atoms with Crippen LogP contribution in [0.2, 0.25) is 0 Å². The van der Waals surface area contributed by atoms with Crippen LogP contribution in [0.1, 0.15) is 40.5 Å². The number of nitrogens with two attached hydrogens (primary N) is 4. The van der Waals surface area contributed by atoms with E-state index in [2.05, 4.69) is 85.1 Å². The maximum absolute atomic E-state index is 14.4. The maximum atomic E-state index is 14.4. The van der Waals surface area contributed by atoms with Crippen LogP contribution in [-0.4, -0.2) is 106 Å². The number of carbonyl (C=O) groups is 2. The van der Waals surface area contributed by atoms with Crippen LogP contribution in [0.3, 0.4) is 0 Å². The molecule has 1 saturated carbocycles. The number of aryl methyl sites for hydroxylation is 1. The number of esters is 1. The molecule has 0 bridgehead atoms. The van der Waals surface area contributed by atoms with Crippen molar-refractivity contribution < 1.29 is 32.3 Å². The monoisotopic (exact) mass is 1740 g/mol. The van der Waals surface area contributed by atoms with Gasteiger partial charge in [-0.05, 0) is 159 Å². The topological polar surface area (TPSA) is 436 Å². The number of hydrogen-bond donors (Lipinski definition) is 5. The number of fused-ring (bicyclic) bond motifs is 5. The molecule has 1 amide bonds. The van der Waals surface area contributed by atoms with E-state index in [1.54, 1.807) is 68.6 Å². The fourth-order valence-electron chi connectivity index (χ4n) is 14.4. The molecule has 132 heavy (non-hydrogen) atoms. The van der Waals surface area contributed by atoms with Crippen molar-refractivity contribution in [3.63, 3.8) is 0 Å². The van der Waals surface area contributed by atoms with Crippen LogP contribution < -0.4 is 33.0 Å². The van der Waals surface area contributed by atoms with Gasteiger partial charge in [-0.1, -0.05) is 115 Å². The fraction of sp³-hybridized carbons (Fsp3) is 0.0588. The van der Waals surface area contributed by atoms with Crippen molar-refractivity contribution in [3.05, 3.63) is 339 Å². The van der Waals surface area contributed by atoms with Crippen molar-refractivity contribution in [1.82, 2.24) is 79.7 Å². The normalized spacial score (nSPS) is 11.3. The number of nitrogens with one attached hydrogen (secondary N) is 1. The van der Waals surface area contributed by atoms with Gasteiger partial charge >= 0.3 is 5.97 Å². The lowest BCUT2D eigenvalue weighted by atomic mass is 10.0. The van der Waals surface area contributed by atoms with Crippen LogP contribution in [0.15, 0.2) is 309 Å². The zero-order valence-corrected chi connectivity index (χ0v) is 70.5. The lowest BCUT2D eigenvalue weighted by molar-refractivity contribution is -0.117. The summed E-state index contributed by atoms with van der Waals surface area (Å²) in [6.07, 6.45) is 14.8. The van der Waals surface area contributed by atoms with Gasteiger partial charge in [0, 0.05) is 108 Å². The van der Waals surface area contributed by atoms with Crippen LogP contribution in [0.25, 0.3) is 167 Å². The Morgan fingerprint density at radius 3 is 1.34 bits per heavy atom. The Balaban J connectivity index is 0.000000115. The first-order chi connectivity index (χ1) is 64.4. The Morgan fingerprint density at radius 1 is 0.402 bits per heavy atom. The highest BCUT2D eigenvalue weighted by Crippen LogP contribution is 2.40. The summed E-state index contributed by atoms with van der Waals surface area (Å²) in [6, 6.07) is 82.1. The van der Waals surface area contributed by atoms with E-state index in [4.69, 9.17) is 36.8 Å². The smallest absolute Gasteiger partial charge is 0.360 e. The number of pyridine rings is 6. The van der Waals surface area contributed by atoms with Gasteiger partial charge in [-0.3, -0.25) is 39.7 Å². The summed E-state index contributed by atoms with van der Waals surface area (Å²) < 4.78 is 43.4. The zero-order valence-electron chi connectivity index (χ0n) is 70.5. The molecule has 1 aliphatic rings. The predicted octanol–water partition coefficient (Wildman–Crippen LogP) is 19.6. The molecule has 12 heterocycles. The molecular formula is C102H73F2N23O5. The van der Waals surface area contributed by atoms with Crippen LogP contribution in [0.4, 0.5) is 37.9 Å². The molecule has 1 fully saturated rings. The predicted molar refractivity (Wildman–Crippen MR) is 502 cm³/mol. The van der Waals surface area contributed by atoms with Crippen LogP contribution >= 0.6 is 0 Å². The van der Waals surface area contributed by atoms with Crippen molar-refractivity contribution in [2.75, 3.05) is 42.5 Å². The number of aromatic nitrogens is 16. The Labute approximate surface area is 751 Å². The number of methoxy groups -OCH3 is 2. The third kappa shape index (κ3) is 19.1. The Hall–Kier alpha value is -18.6. The van der Waals surface area contributed by atoms with Crippen LogP contribution in [0, 0.1) is 47.1 Å². The number of nitrogens with zero attached hydrogens (tertiary/aromatic N) is 18. The number of hydrogen-bond acceptors (Lipinski definition) is 27. The van der Waals surface area contributed by atoms with Gasteiger partial charge in [-0.25, -0.2) is 58.4 Å². The molecule has 0 radical (unpaired) electrons. The van der Waals surface area contributed by atoms with Gasteiger partial charge in [0.2, 0.25) is 5.91 Å². The number of halogens is 2. The lowest BCUT2D eigenvalue weighted by Crippen LogP contribution is -2.15. The van der Waals surface area contributed by atoms with E-state index in [9.17, 15) is 28.9 Å². The second-order valence-corrected chi connectivity index (χ2v) is 29.8. The standard InChI is InChI=1S/C22H18N4O2.C21H15N5O.C21H16N4O2.C20H12FN5.C18H12FN5/c1-13-4-9-18(28-13)21-20(16-7-8-17-15(11-16)3-2-10-23-17)24-12-19(25-21)26-22(27)14-5-6-14;1-27-16-6-2-4-14(11-16)20-19(25-18(12-22)21(23)26-20)15-7-8-17-13(10-15)5-3-9-24-17;1-27-21(26)19-20(22)25-17(13-6-3-2-4-7-13)18(24-19)15-9-10-16-14(12-15)8-5-11-23-16;21-15-6-2-1-5-14(15)19-18(25-17(11-22)20(23)26-19)13-7-8-16-12(10-13)4-3-9-24-16;19-13-4-6-15(22-9-13)18-17(23-10-16(20)24-18)12-3-5-14-11(8-12)2-1-7-21-14/h2-4,7-12,14H,5-6H2,1H3,(H,25,26,27);2-11H,1H3,(H2,23,26);2-12H,1H3,(H2,22,25);1-10H,(H2,23,26);1-10H,(H2,20,24). The van der Waals surface area contributed by atoms with E-state index in [-0.39, 0.29) is 57.7 Å². The molecule has 9 N–H and O–H groups in total. The molecule has 0 unspecified atom stereocenters. The van der Waals surface area contributed by atoms with E-state index < -0.39 is 17.6 Å². The van der Waals surface area contributed by atoms with Gasteiger partial charge < -0.3 is 42.1 Å². The maximum Gasteiger partial charge on any atom is 0.360 e. The summed E-state index contributed by atoms with van der Waals surface area (Å²) in [5.41, 5.74) is 40.1. The van der Waals surface area contributed by atoms with E-state index >= 15 is 0 Å². The molecule has 30 heteroatoms. The highest BCUT2D eigenvalue weighted by molar-refractivity contribution is 5.97. The van der Waals surface area contributed by atoms with Crippen molar-refractivity contribution in [1.29, 1.82) is 10.5 Å². The first kappa shape index (κ1) is 85.6. The molecule has 20 aromatic rings. The zero-order chi connectivity index (χ0) is 91.3. The molecule has 28 nitrogen and oxygen atoms in total. The molecule has 8 aromatic carbocycles. The summed E-state index contributed by atoms with van der Waals surface area (Å²) in [5, 5.41) is 26.3. The molecule has 1 aliphatic carbocycles. The number of carbonyl (C=O) groups excluding carboxylic acids is 2. The van der Waals surface area contributed by atoms with Crippen molar-refractivity contribution >= 4 is 95.5 Å². The van der Waals surface area contributed by atoms with Gasteiger partial charge in [0.1, 0.15) is 58.2 Å².